The van der Waals surface area contributed by atoms with Crippen molar-refractivity contribution in [3.05, 3.63) is 42.0 Å². The second-order valence-corrected chi connectivity index (χ2v) is 7.40. The number of fused-ring (bicyclic) bond motifs is 1. The number of nitrogens with zero attached hydrogens (tertiary/aromatic N) is 1. The van der Waals surface area contributed by atoms with Crippen LogP contribution in [-0.2, 0) is 4.79 Å². The Labute approximate surface area is 166 Å². The second-order valence-electron chi connectivity index (χ2n) is 6.37. The highest BCUT2D eigenvalue weighted by atomic mass is 32.1. The van der Waals surface area contributed by atoms with E-state index in [1.54, 1.807) is 37.4 Å². The van der Waals surface area contributed by atoms with Gasteiger partial charge in [-0.15, -0.1) is 0 Å². The normalized spacial score (nSPS) is 10.8. The maximum atomic E-state index is 12.6. The van der Waals surface area contributed by atoms with E-state index in [4.69, 9.17) is 9.47 Å². The van der Waals surface area contributed by atoms with E-state index in [0.29, 0.717) is 33.4 Å². The number of methoxy groups -OCH3 is 2. The molecule has 0 unspecified atom stereocenters. The summed E-state index contributed by atoms with van der Waals surface area (Å²) in [6.45, 7) is 3.65. The molecule has 0 aliphatic rings. The summed E-state index contributed by atoms with van der Waals surface area (Å²) in [4.78, 5) is 28.8. The zero-order valence-corrected chi connectivity index (χ0v) is 16.8. The summed E-state index contributed by atoms with van der Waals surface area (Å²) in [7, 11) is 3.06. The topological polar surface area (TPSA) is 89.6 Å². The predicted octanol–water partition coefficient (Wildman–Crippen LogP) is 4.16. The van der Waals surface area contributed by atoms with Crippen LogP contribution in [0.4, 0.5) is 10.8 Å². The van der Waals surface area contributed by atoms with Crippen molar-refractivity contribution in [2.75, 3.05) is 24.9 Å². The molecule has 8 heteroatoms. The van der Waals surface area contributed by atoms with Crippen LogP contribution in [0.1, 0.15) is 24.2 Å². The van der Waals surface area contributed by atoms with Gasteiger partial charge in [0.2, 0.25) is 5.91 Å². The number of thiazole rings is 1. The maximum Gasteiger partial charge on any atom is 0.255 e. The van der Waals surface area contributed by atoms with Crippen LogP contribution in [0.5, 0.6) is 11.5 Å². The Hall–Kier alpha value is -3.13. The molecule has 2 N–H and O–H groups in total. The third-order valence-electron chi connectivity index (χ3n) is 4.05. The molecule has 0 bridgehead atoms. The molecule has 0 fully saturated rings. The van der Waals surface area contributed by atoms with Gasteiger partial charge in [-0.3, -0.25) is 9.59 Å². The van der Waals surface area contributed by atoms with Crippen molar-refractivity contribution >= 4 is 44.2 Å². The van der Waals surface area contributed by atoms with Crippen LogP contribution < -0.4 is 20.1 Å². The first-order chi connectivity index (χ1) is 13.4. The van der Waals surface area contributed by atoms with E-state index in [2.05, 4.69) is 15.6 Å². The van der Waals surface area contributed by atoms with Gasteiger partial charge in [-0.1, -0.05) is 25.2 Å². The van der Waals surface area contributed by atoms with Gasteiger partial charge in [0, 0.05) is 17.2 Å². The minimum Gasteiger partial charge on any atom is -0.493 e. The Morgan fingerprint density at radius 2 is 1.75 bits per heavy atom. The molecular formula is C20H21N3O4S. The van der Waals surface area contributed by atoms with Gasteiger partial charge < -0.3 is 20.1 Å². The van der Waals surface area contributed by atoms with Gasteiger partial charge in [-0.05, 0) is 36.4 Å². The van der Waals surface area contributed by atoms with Crippen LogP contribution in [0.15, 0.2) is 36.4 Å². The van der Waals surface area contributed by atoms with Gasteiger partial charge in [-0.2, -0.15) is 0 Å². The minimum absolute atomic E-state index is 0.0824. The zero-order valence-electron chi connectivity index (χ0n) is 16.0. The lowest BCUT2D eigenvalue weighted by Gasteiger charge is -2.10. The highest BCUT2D eigenvalue weighted by Gasteiger charge is 2.13. The van der Waals surface area contributed by atoms with Crippen LogP contribution in [0.2, 0.25) is 0 Å². The van der Waals surface area contributed by atoms with E-state index in [0.717, 1.165) is 4.70 Å². The highest BCUT2D eigenvalue weighted by molar-refractivity contribution is 7.22. The number of ether oxygens (including phenoxy) is 2. The Kier molecular flexibility index (Phi) is 5.79. The zero-order chi connectivity index (χ0) is 20.3. The summed E-state index contributed by atoms with van der Waals surface area (Å²) >= 11 is 1.39. The van der Waals surface area contributed by atoms with Crippen molar-refractivity contribution in [1.82, 2.24) is 4.98 Å². The van der Waals surface area contributed by atoms with E-state index in [1.807, 2.05) is 19.9 Å². The largest absolute Gasteiger partial charge is 0.493 e. The molecule has 1 heterocycles. The average Bonchev–Trinajstić information content (AvgIpc) is 3.08. The molecular weight excluding hydrogens is 378 g/mol. The van der Waals surface area contributed by atoms with E-state index in [9.17, 15) is 9.59 Å². The standard InChI is InChI=1S/C20H21N3O4S/c1-11(2)18(24)23-20-22-14-10-13(6-8-17(14)28-20)21-19(25)12-5-7-15(26-3)16(9-12)27-4/h5-11H,1-4H3,(H,21,25)(H,22,23,24). The number of rotatable bonds is 6. The van der Waals surface area contributed by atoms with Gasteiger partial charge >= 0.3 is 0 Å². The summed E-state index contributed by atoms with van der Waals surface area (Å²) in [5.74, 6) is 0.558. The quantitative estimate of drug-likeness (QED) is 0.650. The lowest BCUT2D eigenvalue weighted by molar-refractivity contribution is -0.118. The van der Waals surface area contributed by atoms with E-state index >= 15 is 0 Å². The van der Waals surface area contributed by atoms with Crippen LogP contribution >= 0.6 is 11.3 Å². The first kappa shape index (κ1) is 19.6. The lowest BCUT2D eigenvalue weighted by Crippen LogP contribution is -2.17. The molecule has 3 rings (SSSR count). The maximum absolute atomic E-state index is 12.6. The Balaban J connectivity index is 1.78. The summed E-state index contributed by atoms with van der Waals surface area (Å²) in [5.41, 5.74) is 1.76. The van der Waals surface area contributed by atoms with Crippen LogP contribution in [0.3, 0.4) is 0 Å². The molecule has 0 saturated heterocycles. The molecule has 0 atom stereocenters. The Morgan fingerprint density at radius 3 is 2.43 bits per heavy atom. The van der Waals surface area contributed by atoms with Crippen molar-refractivity contribution in [2.45, 2.75) is 13.8 Å². The number of hydrogen-bond acceptors (Lipinski definition) is 6. The molecule has 0 radical (unpaired) electrons. The Morgan fingerprint density at radius 1 is 1.00 bits per heavy atom. The highest BCUT2D eigenvalue weighted by Crippen LogP contribution is 2.30. The predicted molar refractivity (Wildman–Crippen MR) is 111 cm³/mol. The number of carbonyl (C=O) groups excluding carboxylic acids is 2. The number of hydrogen-bond donors (Lipinski definition) is 2. The van der Waals surface area contributed by atoms with Crippen molar-refractivity contribution in [1.29, 1.82) is 0 Å². The number of anilines is 2. The van der Waals surface area contributed by atoms with Gasteiger partial charge in [0.25, 0.3) is 5.91 Å². The minimum atomic E-state index is -0.274. The molecule has 3 aromatic rings. The molecule has 0 saturated carbocycles. The molecule has 146 valence electrons. The van der Waals surface area contributed by atoms with Crippen LogP contribution in [-0.4, -0.2) is 31.0 Å². The first-order valence-corrected chi connectivity index (χ1v) is 9.47. The molecule has 28 heavy (non-hydrogen) atoms. The van der Waals surface area contributed by atoms with E-state index < -0.39 is 0 Å². The molecule has 0 aliphatic carbocycles. The van der Waals surface area contributed by atoms with E-state index in [1.165, 1.54) is 18.4 Å². The monoisotopic (exact) mass is 399 g/mol. The average molecular weight is 399 g/mol. The van der Waals surface area contributed by atoms with Crippen molar-refractivity contribution in [2.24, 2.45) is 5.92 Å². The summed E-state index contributed by atoms with van der Waals surface area (Å²) in [6.07, 6.45) is 0. The third kappa shape index (κ3) is 4.23. The molecule has 2 amide bonds. The molecule has 7 nitrogen and oxygen atoms in total. The summed E-state index contributed by atoms with van der Waals surface area (Å²) < 4.78 is 11.3. The van der Waals surface area contributed by atoms with Gasteiger partial charge in [0.05, 0.1) is 24.4 Å². The second kappa shape index (κ2) is 8.26. The summed E-state index contributed by atoms with van der Waals surface area (Å²) in [5, 5.41) is 6.18. The van der Waals surface area contributed by atoms with Crippen LogP contribution in [0.25, 0.3) is 10.2 Å². The SMILES string of the molecule is COc1ccc(C(=O)Nc2ccc3sc(NC(=O)C(C)C)nc3c2)cc1OC. The fourth-order valence-electron chi connectivity index (χ4n) is 2.49. The Bertz CT molecular complexity index is 1030. The number of aromatic nitrogens is 1. The lowest BCUT2D eigenvalue weighted by atomic mass is 10.2. The number of amides is 2. The first-order valence-electron chi connectivity index (χ1n) is 8.66. The third-order valence-corrected chi connectivity index (χ3v) is 5.00. The van der Waals surface area contributed by atoms with Gasteiger partial charge in [0.15, 0.2) is 16.6 Å². The van der Waals surface area contributed by atoms with Crippen molar-refractivity contribution in [3.8, 4) is 11.5 Å². The molecule has 1 aromatic heterocycles. The smallest absolute Gasteiger partial charge is 0.255 e. The summed E-state index contributed by atoms with van der Waals surface area (Å²) in [6, 6.07) is 10.4. The fraction of sp³-hybridized carbons (Fsp3) is 0.250. The van der Waals surface area contributed by atoms with Crippen molar-refractivity contribution < 1.29 is 19.1 Å². The van der Waals surface area contributed by atoms with Crippen LogP contribution in [0, 0.1) is 5.92 Å². The van der Waals surface area contributed by atoms with Gasteiger partial charge in [-0.25, -0.2) is 4.98 Å². The number of nitrogens with one attached hydrogen (secondary N) is 2. The number of carbonyl (C=O) groups is 2. The number of benzene rings is 2. The van der Waals surface area contributed by atoms with Gasteiger partial charge in [0.1, 0.15) is 0 Å². The fourth-order valence-corrected chi connectivity index (χ4v) is 3.34. The molecule has 0 aliphatic heterocycles. The van der Waals surface area contributed by atoms with E-state index in [-0.39, 0.29) is 17.7 Å². The molecule has 0 spiro atoms. The molecule has 2 aromatic carbocycles. The van der Waals surface area contributed by atoms with Crippen molar-refractivity contribution in [3.63, 3.8) is 0 Å².